The maximum absolute atomic E-state index is 12.2. The Bertz CT molecular complexity index is 356. The third-order valence-corrected chi connectivity index (χ3v) is 4.06. The summed E-state index contributed by atoms with van der Waals surface area (Å²) in [5.41, 5.74) is 5.53. The van der Waals surface area contributed by atoms with Gasteiger partial charge in [-0.1, -0.05) is 0 Å². The zero-order valence-electron chi connectivity index (χ0n) is 12.1. The van der Waals surface area contributed by atoms with Crippen molar-refractivity contribution in [2.24, 2.45) is 5.73 Å². The van der Waals surface area contributed by atoms with Crippen LogP contribution < -0.4 is 11.1 Å². The maximum atomic E-state index is 12.2. The Hall–Kier alpha value is -1.14. The summed E-state index contributed by atoms with van der Waals surface area (Å²) in [7, 11) is 0. The highest BCUT2D eigenvalue weighted by Gasteiger charge is 2.32. The molecule has 114 valence electrons. The number of hydrogen-bond acceptors (Lipinski definition) is 4. The smallest absolute Gasteiger partial charge is 0.249 e. The molecule has 0 saturated carbocycles. The van der Waals surface area contributed by atoms with Crippen LogP contribution in [-0.4, -0.2) is 54.6 Å². The van der Waals surface area contributed by atoms with E-state index < -0.39 is 12.1 Å². The van der Waals surface area contributed by atoms with Gasteiger partial charge in [-0.3, -0.25) is 9.59 Å². The van der Waals surface area contributed by atoms with Crippen molar-refractivity contribution in [1.82, 2.24) is 10.2 Å². The van der Waals surface area contributed by atoms with Crippen molar-refractivity contribution in [1.29, 1.82) is 0 Å². The van der Waals surface area contributed by atoms with Gasteiger partial charge in [0.25, 0.3) is 0 Å². The van der Waals surface area contributed by atoms with Crippen LogP contribution in [0, 0.1) is 0 Å². The molecule has 2 amide bonds. The van der Waals surface area contributed by atoms with Crippen LogP contribution in [-0.2, 0) is 14.3 Å². The minimum Gasteiger partial charge on any atom is -0.364 e. The number of carbonyl (C=O) groups excluding carboxylic acids is 2. The number of piperidine rings is 1. The SMILES string of the molecule is CC(NC(=O)C1CCC(CN)O1)C(=O)N1CCCCC1. The van der Waals surface area contributed by atoms with Gasteiger partial charge < -0.3 is 20.7 Å². The Balaban J connectivity index is 1.79. The number of hydrogen-bond donors (Lipinski definition) is 2. The van der Waals surface area contributed by atoms with E-state index in [4.69, 9.17) is 10.5 Å². The molecule has 0 spiro atoms. The summed E-state index contributed by atoms with van der Waals surface area (Å²) in [6.07, 6.45) is 4.29. The van der Waals surface area contributed by atoms with E-state index in [0.29, 0.717) is 13.0 Å². The van der Waals surface area contributed by atoms with Gasteiger partial charge in [-0.2, -0.15) is 0 Å². The largest absolute Gasteiger partial charge is 0.364 e. The molecular formula is C14H25N3O3. The summed E-state index contributed by atoms with van der Waals surface area (Å²) in [5.74, 6) is -0.190. The number of amides is 2. The van der Waals surface area contributed by atoms with E-state index in [2.05, 4.69) is 5.32 Å². The first-order valence-corrected chi connectivity index (χ1v) is 7.56. The van der Waals surface area contributed by atoms with E-state index in [9.17, 15) is 9.59 Å². The molecule has 0 aromatic heterocycles. The molecule has 3 unspecified atom stereocenters. The molecule has 2 heterocycles. The summed E-state index contributed by atoms with van der Waals surface area (Å²) < 4.78 is 5.54. The molecule has 3 atom stereocenters. The van der Waals surface area contributed by atoms with Crippen molar-refractivity contribution < 1.29 is 14.3 Å². The van der Waals surface area contributed by atoms with Crippen molar-refractivity contribution in [2.45, 2.75) is 57.3 Å². The second-order valence-electron chi connectivity index (χ2n) is 5.68. The summed E-state index contributed by atoms with van der Waals surface area (Å²) >= 11 is 0. The quantitative estimate of drug-likeness (QED) is 0.761. The molecule has 2 rings (SSSR count). The van der Waals surface area contributed by atoms with Gasteiger partial charge >= 0.3 is 0 Å². The minimum atomic E-state index is -0.485. The van der Waals surface area contributed by atoms with Gasteiger partial charge in [-0.05, 0) is 39.0 Å². The molecular weight excluding hydrogens is 258 g/mol. The number of nitrogens with two attached hydrogens (primary N) is 1. The monoisotopic (exact) mass is 283 g/mol. The van der Waals surface area contributed by atoms with Crippen molar-refractivity contribution in [3.8, 4) is 0 Å². The number of carbonyl (C=O) groups is 2. The van der Waals surface area contributed by atoms with Gasteiger partial charge in [0.05, 0.1) is 6.10 Å². The molecule has 2 fully saturated rings. The molecule has 2 saturated heterocycles. The van der Waals surface area contributed by atoms with Gasteiger partial charge in [0.2, 0.25) is 11.8 Å². The fourth-order valence-corrected chi connectivity index (χ4v) is 2.83. The molecule has 2 aliphatic heterocycles. The van der Waals surface area contributed by atoms with Gasteiger partial charge in [-0.15, -0.1) is 0 Å². The molecule has 6 nitrogen and oxygen atoms in total. The van der Waals surface area contributed by atoms with Crippen LogP contribution in [0.2, 0.25) is 0 Å². The normalized spacial score (nSPS) is 28.2. The van der Waals surface area contributed by atoms with Crippen LogP contribution in [0.1, 0.15) is 39.0 Å². The Labute approximate surface area is 120 Å². The van der Waals surface area contributed by atoms with Crippen LogP contribution in [0.4, 0.5) is 0 Å². The summed E-state index contributed by atoms with van der Waals surface area (Å²) in [6.45, 7) is 3.78. The summed E-state index contributed by atoms with van der Waals surface area (Å²) in [5, 5.41) is 2.77. The van der Waals surface area contributed by atoms with Gasteiger partial charge in [0, 0.05) is 19.6 Å². The minimum absolute atomic E-state index is 0.00595. The fourth-order valence-electron chi connectivity index (χ4n) is 2.83. The molecule has 3 N–H and O–H groups in total. The second kappa shape index (κ2) is 7.04. The molecule has 0 aliphatic carbocycles. The predicted octanol–water partition coefficient (Wildman–Crippen LogP) is 0.00990. The topological polar surface area (TPSA) is 84.7 Å². The molecule has 0 bridgehead atoms. The molecule has 6 heteroatoms. The summed E-state index contributed by atoms with van der Waals surface area (Å²) in [6, 6.07) is -0.485. The van der Waals surface area contributed by atoms with E-state index in [0.717, 1.165) is 32.4 Å². The number of nitrogens with one attached hydrogen (secondary N) is 1. The summed E-state index contributed by atoms with van der Waals surface area (Å²) in [4.78, 5) is 26.1. The zero-order chi connectivity index (χ0) is 14.5. The highest BCUT2D eigenvalue weighted by Crippen LogP contribution is 2.19. The first kappa shape index (κ1) is 15.3. The van der Waals surface area contributed by atoms with E-state index in [-0.39, 0.29) is 17.9 Å². The Morgan fingerprint density at radius 2 is 2.00 bits per heavy atom. The van der Waals surface area contributed by atoms with Crippen molar-refractivity contribution in [3.05, 3.63) is 0 Å². The van der Waals surface area contributed by atoms with E-state index in [1.165, 1.54) is 6.42 Å². The molecule has 20 heavy (non-hydrogen) atoms. The van der Waals surface area contributed by atoms with Crippen LogP contribution >= 0.6 is 0 Å². The standard InChI is InChI=1S/C14H25N3O3/c1-10(14(19)17-7-3-2-4-8-17)16-13(18)12-6-5-11(9-15)20-12/h10-12H,2-9,15H2,1H3,(H,16,18). The number of ether oxygens (including phenoxy) is 1. The predicted molar refractivity (Wildman–Crippen MR) is 75.0 cm³/mol. The van der Waals surface area contributed by atoms with E-state index >= 15 is 0 Å². The van der Waals surface area contributed by atoms with Crippen LogP contribution in [0.3, 0.4) is 0 Å². The average molecular weight is 283 g/mol. The van der Waals surface area contributed by atoms with E-state index in [1.54, 1.807) is 6.92 Å². The van der Waals surface area contributed by atoms with Gasteiger partial charge in [0.15, 0.2) is 0 Å². The van der Waals surface area contributed by atoms with Crippen molar-refractivity contribution in [3.63, 3.8) is 0 Å². The number of nitrogens with zero attached hydrogens (tertiary/aromatic N) is 1. The average Bonchev–Trinajstić information content (AvgIpc) is 2.96. The molecule has 0 aromatic carbocycles. The van der Waals surface area contributed by atoms with Crippen molar-refractivity contribution in [2.75, 3.05) is 19.6 Å². The highest BCUT2D eigenvalue weighted by molar-refractivity contribution is 5.89. The fraction of sp³-hybridized carbons (Fsp3) is 0.857. The van der Waals surface area contributed by atoms with Gasteiger partial charge in [-0.25, -0.2) is 0 Å². The molecule has 2 aliphatic rings. The van der Waals surface area contributed by atoms with Gasteiger partial charge in [0.1, 0.15) is 12.1 Å². The third-order valence-electron chi connectivity index (χ3n) is 4.06. The molecule has 0 aromatic rings. The van der Waals surface area contributed by atoms with Crippen molar-refractivity contribution >= 4 is 11.8 Å². The lowest BCUT2D eigenvalue weighted by Crippen LogP contribution is -2.50. The third kappa shape index (κ3) is 3.70. The first-order valence-electron chi connectivity index (χ1n) is 7.56. The zero-order valence-corrected chi connectivity index (χ0v) is 12.1. The van der Waals surface area contributed by atoms with Crippen LogP contribution in [0.15, 0.2) is 0 Å². The number of rotatable bonds is 4. The lowest BCUT2D eigenvalue weighted by molar-refractivity contribution is -0.140. The lowest BCUT2D eigenvalue weighted by Gasteiger charge is -2.29. The Kier molecular flexibility index (Phi) is 5.37. The maximum Gasteiger partial charge on any atom is 0.249 e. The second-order valence-corrected chi connectivity index (χ2v) is 5.68. The Morgan fingerprint density at radius 1 is 1.30 bits per heavy atom. The van der Waals surface area contributed by atoms with E-state index in [1.807, 2.05) is 4.90 Å². The Morgan fingerprint density at radius 3 is 2.60 bits per heavy atom. The molecule has 0 radical (unpaired) electrons. The lowest BCUT2D eigenvalue weighted by atomic mass is 10.1. The van der Waals surface area contributed by atoms with Crippen LogP contribution in [0.5, 0.6) is 0 Å². The van der Waals surface area contributed by atoms with Crippen LogP contribution in [0.25, 0.3) is 0 Å². The first-order chi connectivity index (χ1) is 9.61. The highest BCUT2D eigenvalue weighted by atomic mass is 16.5. The number of likely N-dealkylation sites (tertiary alicyclic amines) is 1.